The minimum Gasteiger partial charge on any atom is -0.352 e. The Hall–Kier alpha value is -1.85. The average Bonchev–Trinajstić information content (AvgIpc) is 2.71. The minimum atomic E-state index is -0.564. The van der Waals surface area contributed by atoms with Gasteiger partial charge < -0.3 is 10.2 Å². The summed E-state index contributed by atoms with van der Waals surface area (Å²) in [6.07, 6.45) is 1.67. The zero-order valence-electron chi connectivity index (χ0n) is 17.1. The second-order valence-corrected chi connectivity index (χ2v) is 8.56. The predicted molar refractivity (Wildman–Crippen MR) is 122 cm³/mol. The Morgan fingerprint density at radius 2 is 1.76 bits per heavy atom. The molecule has 0 aliphatic carbocycles. The third-order valence-corrected chi connectivity index (χ3v) is 5.90. The molecule has 0 aliphatic rings. The Kier molecular flexibility index (Phi) is 9.18. The van der Waals surface area contributed by atoms with Gasteiger partial charge in [0, 0.05) is 28.5 Å². The second-order valence-electron chi connectivity index (χ2n) is 7.23. The van der Waals surface area contributed by atoms with Crippen LogP contribution in [0.2, 0.25) is 5.02 Å². The van der Waals surface area contributed by atoms with E-state index in [9.17, 15) is 9.59 Å². The van der Waals surface area contributed by atoms with E-state index < -0.39 is 6.04 Å². The molecule has 156 valence electrons. The molecule has 0 aromatic heterocycles. The molecule has 0 saturated carbocycles. The number of benzene rings is 2. The third kappa shape index (κ3) is 7.16. The van der Waals surface area contributed by atoms with Gasteiger partial charge in [-0.3, -0.25) is 9.59 Å². The largest absolute Gasteiger partial charge is 0.352 e. The van der Waals surface area contributed by atoms with Gasteiger partial charge in [-0.05, 0) is 56.0 Å². The number of hydrogen-bond donors (Lipinski definition) is 1. The molecule has 0 radical (unpaired) electrons. The van der Waals surface area contributed by atoms with Crippen molar-refractivity contribution in [2.24, 2.45) is 0 Å². The van der Waals surface area contributed by atoms with E-state index in [1.54, 1.807) is 11.8 Å². The van der Waals surface area contributed by atoms with Crippen LogP contribution in [0, 0.1) is 0 Å². The molecule has 29 heavy (non-hydrogen) atoms. The van der Waals surface area contributed by atoms with Gasteiger partial charge in [0.05, 0.1) is 0 Å². The summed E-state index contributed by atoms with van der Waals surface area (Å²) in [5.74, 6) is -0.206. The Balaban J connectivity index is 2.15. The van der Waals surface area contributed by atoms with Crippen molar-refractivity contribution in [3.63, 3.8) is 0 Å². The molecule has 0 spiro atoms. The molecule has 2 rings (SSSR count). The fraction of sp³-hybridized carbons (Fsp3) is 0.391. The summed E-state index contributed by atoms with van der Waals surface area (Å²) in [5.41, 5.74) is 1.91. The van der Waals surface area contributed by atoms with Crippen molar-refractivity contribution >= 4 is 39.3 Å². The Labute approximate surface area is 186 Å². The number of hydrogen-bond acceptors (Lipinski definition) is 2. The zero-order valence-corrected chi connectivity index (χ0v) is 19.5. The van der Waals surface area contributed by atoms with E-state index in [0.717, 1.165) is 22.0 Å². The summed E-state index contributed by atoms with van der Waals surface area (Å²) >= 11 is 9.65. The molecule has 2 amide bonds. The van der Waals surface area contributed by atoms with Crippen molar-refractivity contribution in [2.45, 2.75) is 58.7 Å². The maximum Gasteiger partial charge on any atom is 0.242 e. The molecule has 0 fully saturated rings. The Bertz CT molecular complexity index is 826. The SMILES string of the molecule is CC[C@@H](C)NC(=O)[C@@H](C)N(Cc1ccc(Br)cc1)C(=O)CCc1ccccc1Cl. The van der Waals surface area contributed by atoms with Crippen LogP contribution in [0.3, 0.4) is 0 Å². The van der Waals surface area contributed by atoms with Gasteiger partial charge in [0.25, 0.3) is 0 Å². The molecule has 0 heterocycles. The van der Waals surface area contributed by atoms with E-state index in [4.69, 9.17) is 11.6 Å². The van der Waals surface area contributed by atoms with Crippen LogP contribution in [0.5, 0.6) is 0 Å². The maximum atomic E-state index is 13.1. The lowest BCUT2D eigenvalue weighted by atomic mass is 10.1. The molecule has 2 aromatic rings. The van der Waals surface area contributed by atoms with Gasteiger partial charge in [0.15, 0.2) is 0 Å². The Morgan fingerprint density at radius 3 is 2.38 bits per heavy atom. The lowest BCUT2D eigenvalue weighted by Crippen LogP contribution is -2.49. The summed E-state index contributed by atoms with van der Waals surface area (Å²) in [6, 6.07) is 14.8. The van der Waals surface area contributed by atoms with Gasteiger partial charge in [-0.2, -0.15) is 0 Å². The van der Waals surface area contributed by atoms with E-state index in [2.05, 4.69) is 21.2 Å². The van der Waals surface area contributed by atoms with Crippen LogP contribution < -0.4 is 5.32 Å². The molecule has 4 nitrogen and oxygen atoms in total. The molecular weight excluding hydrogens is 452 g/mol. The van der Waals surface area contributed by atoms with E-state index in [1.807, 2.05) is 62.4 Å². The first-order valence-corrected chi connectivity index (χ1v) is 11.1. The van der Waals surface area contributed by atoms with Crippen molar-refractivity contribution in [1.29, 1.82) is 0 Å². The van der Waals surface area contributed by atoms with Gasteiger partial charge in [-0.25, -0.2) is 0 Å². The van der Waals surface area contributed by atoms with E-state index in [1.165, 1.54) is 0 Å². The highest BCUT2D eigenvalue weighted by Gasteiger charge is 2.26. The number of rotatable bonds is 9. The van der Waals surface area contributed by atoms with E-state index >= 15 is 0 Å². The summed E-state index contributed by atoms with van der Waals surface area (Å²) in [6.45, 7) is 6.14. The normalized spacial score (nSPS) is 12.9. The zero-order chi connectivity index (χ0) is 21.4. The lowest BCUT2D eigenvalue weighted by Gasteiger charge is -2.30. The monoisotopic (exact) mass is 478 g/mol. The van der Waals surface area contributed by atoms with Crippen LogP contribution in [0.4, 0.5) is 0 Å². The molecule has 0 saturated heterocycles. The highest BCUT2D eigenvalue weighted by molar-refractivity contribution is 9.10. The van der Waals surface area contributed by atoms with Crippen LogP contribution >= 0.6 is 27.5 Å². The molecule has 6 heteroatoms. The van der Waals surface area contributed by atoms with Crippen molar-refractivity contribution in [3.05, 3.63) is 69.2 Å². The van der Waals surface area contributed by atoms with Crippen molar-refractivity contribution < 1.29 is 9.59 Å². The molecule has 0 bridgehead atoms. The number of aryl methyl sites for hydroxylation is 1. The lowest BCUT2D eigenvalue weighted by molar-refractivity contribution is -0.140. The van der Waals surface area contributed by atoms with Gasteiger partial charge in [0.2, 0.25) is 11.8 Å². The number of carbonyl (C=O) groups excluding carboxylic acids is 2. The fourth-order valence-corrected chi connectivity index (χ4v) is 3.42. The number of nitrogens with zero attached hydrogens (tertiary/aromatic N) is 1. The third-order valence-electron chi connectivity index (χ3n) is 5.00. The fourth-order valence-electron chi connectivity index (χ4n) is 2.92. The first-order chi connectivity index (χ1) is 13.8. The quantitative estimate of drug-likeness (QED) is 0.526. The van der Waals surface area contributed by atoms with Crippen LogP contribution in [-0.2, 0) is 22.6 Å². The molecule has 0 unspecified atom stereocenters. The van der Waals surface area contributed by atoms with Crippen LogP contribution in [0.1, 0.15) is 44.7 Å². The topological polar surface area (TPSA) is 49.4 Å². The van der Waals surface area contributed by atoms with Gasteiger partial charge in [0.1, 0.15) is 6.04 Å². The summed E-state index contributed by atoms with van der Waals surface area (Å²) in [4.78, 5) is 27.4. The molecule has 2 aromatic carbocycles. The van der Waals surface area contributed by atoms with Gasteiger partial charge in [-0.15, -0.1) is 0 Å². The van der Waals surface area contributed by atoms with Crippen LogP contribution in [-0.4, -0.2) is 28.8 Å². The standard InChI is InChI=1S/C23H28BrClN2O2/c1-4-16(2)26-23(29)17(3)27(15-18-9-12-20(24)13-10-18)22(28)14-11-19-7-5-6-8-21(19)25/h5-10,12-13,16-17H,4,11,14-15H2,1-3H3,(H,26,29)/t16-,17-/m1/s1. The highest BCUT2D eigenvalue weighted by Crippen LogP contribution is 2.19. The summed E-state index contributed by atoms with van der Waals surface area (Å²) < 4.78 is 0.973. The molecule has 0 aliphatic heterocycles. The van der Waals surface area contributed by atoms with Crippen molar-refractivity contribution in [1.82, 2.24) is 10.2 Å². The number of carbonyl (C=O) groups is 2. The minimum absolute atomic E-state index is 0.0673. The second kappa shape index (κ2) is 11.4. The molecule has 2 atom stereocenters. The number of nitrogens with one attached hydrogen (secondary N) is 1. The maximum absolute atomic E-state index is 13.1. The molecule has 1 N–H and O–H groups in total. The van der Waals surface area contributed by atoms with Crippen molar-refractivity contribution in [3.8, 4) is 0 Å². The van der Waals surface area contributed by atoms with Crippen molar-refractivity contribution in [2.75, 3.05) is 0 Å². The Morgan fingerprint density at radius 1 is 1.10 bits per heavy atom. The van der Waals surface area contributed by atoms with Gasteiger partial charge >= 0.3 is 0 Å². The first-order valence-electron chi connectivity index (χ1n) is 9.89. The average molecular weight is 480 g/mol. The number of halogens is 2. The summed E-state index contributed by atoms with van der Waals surface area (Å²) in [7, 11) is 0. The first kappa shape index (κ1) is 23.4. The highest BCUT2D eigenvalue weighted by atomic mass is 79.9. The predicted octanol–water partition coefficient (Wildman–Crippen LogP) is 5.37. The van der Waals surface area contributed by atoms with E-state index in [0.29, 0.717) is 24.4 Å². The van der Waals surface area contributed by atoms with Crippen LogP contribution in [0.25, 0.3) is 0 Å². The smallest absolute Gasteiger partial charge is 0.242 e. The van der Waals surface area contributed by atoms with Gasteiger partial charge in [-0.1, -0.05) is 64.8 Å². The summed E-state index contributed by atoms with van der Waals surface area (Å²) in [5, 5.41) is 3.64. The molecular formula is C23H28BrClN2O2. The van der Waals surface area contributed by atoms with E-state index in [-0.39, 0.29) is 17.9 Å². The number of amides is 2. The van der Waals surface area contributed by atoms with Crippen LogP contribution in [0.15, 0.2) is 53.0 Å².